The second-order valence-electron chi connectivity index (χ2n) is 8.22. The van der Waals surface area contributed by atoms with E-state index in [-0.39, 0.29) is 12.0 Å². The predicted molar refractivity (Wildman–Crippen MR) is 107 cm³/mol. The van der Waals surface area contributed by atoms with Crippen LogP contribution in [0.25, 0.3) is 0 Å². The maximum Gasteiger partial charge on any atom is 0.317 e. The number of benzene rings is 2. The SMILES string of the molecule is CC(C)c1ccc(C#Cc2ccc3c(c2)C2(CC2)CN(CC(=O)O)C3)cc1. The summed E-state index contributed by atoms with van der Waals surface area (Å²) in [6.45, 7) is 6.07. The van der Waals surface area contributed by atoms with E-state index in [9.17, 15) is 4.79 Å². The van der Waals surface area contributed by atoms with E-state index < -0.39 is 5.97 Å². The van der Waals surface area contributed by atoms with Crippen LogP contribution in [0.15, 0.2) is 42.5 Å². The Morgan fingerprint density at radius 3 is 2.41 bits per heavy atom. The van der Waals surface area contributed by atoms with Crippen molar-refractivity contribution in [3.63, 3.8) is 0 Å². The number of carboxylic acids is 1. The van der Waals surface area contributed by atoms with Crippen molar-refractivity contribution in [2.45, 2.75) is 44.6 Å². The number of carboxylic acid groups (broad SMARTS) is 1. The fraction of sp³-hybridized carbons (Fsp3) is 0.375. The van der Waals surface area contributed by atoms with Crippen molar-refractivity contribution in [3.8, 4) is 11.8 Å². The lowest BCUT2D eigenvalue weighted by Crippen LogP contribution is -2.40. The van der Waals surface area contributed by atoms with E-state index >= 15 is 0 Å². The van der Waals surface area contributed by atoms with Gasteiger partial charge >= 0.3 is 5.97 Å². The molecule has 0 radical (unpaired) electrons. The number of hydrogen-bond donors (Lipinski definition) is 1. The van der Waals surface area contributed by atoms with E-state index in [4.69, 9.17) is 5.11 Å². The first kappa shape index (κ1) is 17.8. The lowest BCUT2D eigenvalue weighted by Gasteiger charge is -2.34. The molecule has 0 bridgehead atoms. The summed E-state index contributed by atoms with van der Waals surface area (Å²) in [5, 5.41) is 9.11. The fourth-order valence-corrected chi connectivity index (χ4v) is 4.07. The summed E-state index contributed by atoms with van der Waals surface area (Å²) in [6.07, 6.45) is 2.29. The number of hydrogen-bond acceptors (Lipinski definition) is 2. The van der Waals surface area contributed by atoms with Gasteiger partial charge < -0.3 is 5.11 Å². The summed E-state index contributed by atoms with van der Waals surface area (Å²) in [4.78, 5) is 13.1. The largest absolute Gasteiger partial charge is 0.480 e. The Labute approximate surface area is 161 Å². The van der Waals surface area contributed by atoms with Crippen molar-refractivity contribution < 1.29 is 9.90 Å². The average molecular weight is 359 g/mol. The molecule has 2 aromatic carbocycles. The molecule has 1 N–H and O–H groups in total. The first-order valence-corrected chi connectivity index (χ1v) is 9.65. The summed E-state index contributed by atoms with van der Waals surface area (Å²) < 4.78 is 0. The minimum atomic E-state index is -0.750. The van der Waals surface area contributed by atoms with Gasteiger partial charge in [0.1, 0.15) is 0 Å². The molecule has 2 aliphatic rings. The van der Waals surface area contributed by atoms with Crippen LogP contribution in [0.1, 0.15) is 60.4 Å². The van der Waals surface area contributed by atoms with Gasteiger partial charge in [-0.25, -0.2) is 0 Å². The highest BCUT2D eigenvalue weighted by Crippen LogP contribution is 2.52. The summed E-state index contributed by atoms with van der Waals surface area (Å²) in [6, 6.07) is 14.9. The molecule has 27 heavy (non-hydrogen) atoms. The van der Waals surface area contributed by atoms with Crippen LogP contribution in [0, 0.1) is 11.8 Å². The van der Waals surface area contributed by atoms with Gasteiger partial charge in [0, 0.05) is 29.6 Å². The smallest absolute Gasteiger partial charge is 0.317 e. The number of fused-ring (bicyclic) bond motifs is 2. The Morgan fingerprint density at radius 1 is 1.11 bits per heavy atom. The Balaban J connectivity index is 1.57. The molecule has 3 heteroatoms. The molecule has 138 valence electrons. The summed E-state index contributed by atoms with van der Waals surface area (Å²) >= 11 is 0. The van der Waals surface area contributed by atoms with Gasteiger partial charge in [-0.15, -0.1) is 0 Å². The third kappa shape index (κ3) is 3.77. The van der Waals surface area contributed by atoms with Crippen LogP contribution in [0.3, 0.4) is 0 Å². The van der Waals surface area contributed by atoms with Gasteiger partial charge in [0.15, 0.2) is 0 Å². The fourth-order valence-electron chi connectivity index (χ4n) is 4.07. The highest BCUT2D eigenvalue weighted by molar-refractivity contribution is 5.69. The molecule has 4 rings (SSSR count). The van der Waals surface area contributed by atoms with Crippen molar-refractivity contribution >= 4 is 5.97 Å². The van der Waals surface area contributed by atoms with Crippen LogP contribution in [0.4, 0.5) is 0 Å². The number of rotatable bonds is 3. The molecule has 3 nitrogen and oxygen atoms in total. The normalized spacial score (nSPS) is 17.3. The van der Waals surface area contributed by atoms with Gasteiger partial charge in [-0.05, 0) is 59.7 Å². The first-order valence-electron chi connectivity index (χ1n) is 9.65. The lowest BCUT2D eigenvalue weighted by molar-refractivity contribution is -0.138. The third-order valence-corrected chi connectivity index (χ3v) is 5.74. The average Bonchev–Trinajstić information content (AvgIpc) is 3.40. The van der Waals surface area contributed by atoms with Crippen LogP contribution in [-0.2, 0) is 16.8 Å². The van der Waals surface area contributed by atoms with E-state index in [1.807, 2.05) is 0 Å². The van der Waals surface area contributed by atoms with Crippen molar-refractivity contribution in [1.82, 2.24) is 4.90 Å². The standard InChI is InChI=1S/C24H25NO2/c1-17(2)20-8-5-18(6-9-20)3-4-19-7-10-21-14-25(15-23(26)27)16-24(11-12-24)22(21)13-19/h5-10,13,17H,11-12,14-16H2,1-2H3,(H,26,27). The minimum Gasteiger partial charge on any atom is -0.480 e. The van der Waals surface area contributed by atoms with Crippen LogP contribution in [-0.4, -0.2) is 29.1 Å². The number of nitrogens with zero attached hydrogens (tertiary/aromatic N) is 1. The molecule has 0 unspecified atom stereocenters. The zero-order valence-electron chi connectivity index (χ0n) is 16.0. The Kier molecular flexibility index (Phi) is 4.53. The molecule has 0 saturated heterocycles. The second kappa shape index (κ2) is 6.87. The highest BCUT2D eigenvalue weighted by Gasteiger charge is 2.49. The van der Waals surface area contributed by atoms with E-state index in [0.29, 0.717) is 12.5 Å². The van der Waals surface area contributed by atoms with Crippen LogP contribution in [0.5, 0.6) is 0 Å². The van der Waals surface area contributed by atoms with Gasteiger partial charge in [0.05, 0.1) is 6.54 Å². The number of aliphatic carboxylic acids is 1. The molecule has 0 aromatic heterocycles. The van der Waals surface area contributed by atoms with E-state index in [0.717, 1.165) is 30.5 Å². The molecule has 1 fully saturated rings. The molecule has 1 heterocycles. The monoisotopic (exact) mass is 359 g/mol. The lowest BCUT2D eigenvalue weighted by atomic mass is 9.85. The minimum absolute atomic E-state index is 0.120. The topological polar surface area (TPSA) is 40.5 Å². The quantitative estimate of drug-likeness (QED) is 0.837. The number of carbonyl (C=O) groups is 1. The Hall–Kier alpha value is -2.57. The maximum atomic E-state index is 11.1. The molecule has 1 saturated carbocycles. The zero-order chi connectivity index (χ0) is 19.0. The summed E-state index contributed by atoms with van der Waals surface area (Å²) in [5.74, 6) is 6.37. The van der Waals surface area contributed by atoms with Crippen LogP contribution < -0.4 is 0 Å². The first-order chi connectivity index (χ1) is 12.9. The van der Waals surface area contributed by atoms with Crippen LogP contribution in [0.2, 0.25) is 0 Å². The summed E-state index contributed by atoms with van der Waals surface area (Å²) in [5.41, 5.74) is 6.19. The van der Waals surface area contributed by atoms with Crippen molar-refractivity contribution in [2.75, 3.05) is 13.1 Å². The van der Waals surface area contributed by atoms with Gasteiger partial charge in [0.25, 0.3) is 0 Å². The van der Waals surface area contributed by atoms with E-state index in [1.54, 1.807) is 0 Å². The molecule has 1 aliphatic carbocycles. The van der Waals surface area contributed by atoms with Gasteiger partial charge in [-0.3, -0.25) is 9.69 Å². The zero-order valence-corrected chi connectivity index (χ0v) is 16.0. The molecule has 1 spiro atoms. The molecule has 0 atom stereocenters. The second-order valence-corrected chi connectivity index (χ2v) is 8.22. The Morgan fingerprint density at radius 2 is 1.78 bits per heavy atom. The van der Waals surface area contributed by atoms with Crippen molar-refractivity contribution in [1.29, 1.82) is 0 Å². The molecular weight excluding hydrogens is 334 g/mol. The third-order valence-electron chi connectivity index (χ3n) is 5.74. The van der Waals surface area contributed by atoms with Crippen molar-refractivity contribution in [2.24, 2.45) is 0 Å². The van der Waals surface area contributed by atoms with Gasteiger partial charge in [-0.1, -0.05) is 43.9 Å². The molecular formula is C24H25NO2. The molecule has 0 amide bonds. The maximum absolute atomic E-state index is 11.1. The van der Waals surface area contributed by atoms with Crippen LogP contribution >= 0.6 is 0 Å². The van der Waals surface area contributed by atoms with Gasteiger partial charge in [-0.2, -0.15) is 0 Å². The van der Waals surface area contributed by atoms with Gasteiger partial charge in [0.2, 0.25) is 0 Å². The van der Waals surface area contributed by atoms with E-state index in [1.165, 1.54) is 16.7 Å². The van der Waals surface area contributed by atoms with Crippen molar-refractivity contribution in [3.05, 3.63) is 70.3 Å². The van der Waals surface area contributed by atoms with E-state index in [2.05, 4.69) is 73.1 Å². The highest BCUT2D eigenvalue weighted by atomic mass is 16.4. The predicted octanol–water partition coefficient (Wildman–Crippen LogP) is 4.14. The Bertz CT molecular complexity index is 927. The molecule has 2 aromatic rings. The summed E-state index contributed by atoms with van der Waals surface area (Å²) in [7, 11) is 0. The molecule has 1 aliphatic heterocycles.